The molecule has 2 atom stereocenters. The molecule has 0 heterocycles. The van der Waals surface area contributed by atoms with Crippen molar-refractivity contribution >= 4 is 0 Å². The van der Waals surface area contributed by atoms with E-state index in [0.717, 1.165) is 12.8 Å². The van der Waals surface area contributed by atoms with Crippen LogP contribution in [-0.2, 0) is 0 Å². The third-order valence-corrected chi connectivity index (χ3v) is 4.17. The molecule has 2 aliphatic rings. The molecule has 0 bridgehead atoms. The van der Waals surface area contributed by atoms with Crippen LogP contribution in [0.2, 0.25) is 0 Å². The molecule has 0 radical (unpaired) electrons. The van der Waals surface area contributed by atoms with Crippen molar-refractivity contribution < 1.29 is 10.2 Å². The number of hydrogen-bond acceptors (Lipinski definition) is 2. The number of hydrogen-bond donors (Lipinski definition) is 2. The molecule has 2 saturated carbocycles. The van der Waals surface area contributed by atoms with Crippen molar-refractivity contribution in [3.05, 3.63) is 0 Å². The predicted molar refractivity (Wildman–Crippen MR) is 46.7 cm³/mol. The Morgan fingerprint density at radius 3 is 1.83 bits per heavy atom. The lowest BCUT2D eigenvalue weighted by Crippen LogP contribution is -2.11. The molecule has 12 heavy (non-hydrogen) atoms. The van der Waals surface area contributed by atoms with Gasteiger partial charge in [0.25, 0.3) is 0 Å². The summed E-state index contributed by atoms with van der Waals surface area (Å²) in [4.78, 5) is 0. The van der Waals surface area contributed by atoms with Gasteiger partial charge in [-0.3, -0.25) is 0 Å². The highest BCUT2D eigenvalue weighted by molar-refractivity contribution is 5.17. The largest absolute Gasteiger partial charge is 0.396 e. The minimum Gasteiger partial charge on any atom is -0.396 e. The molecule has 0 aromatic rings. The van der Waals surface area contributed by atoms with E-state index in [1.807, 2.05) is 0 Å². The Hall–Kier alpha value is -0.0800. The van der Waals surface area contributed by atoms with Crippen LogP contribution in [-0.4, -0.2) is 23.4 Å². The molecule has 0 aromatic heterocycles. The molecule has 2 aliphatic carbocycles. The van der Waals surface area contributed by atoms with Crippen molar-refractivity contribution in [3.8, 4) is 0 Å². The van der Waals surface area contributed by atoms with Crippen LogP contribution < -0.4 is 0 Å². The van der Waals surface area contributed by atoms with Crippen LogP contribution in [0.3, 0.4) is 0 Å². The molecule has 2 heteroatoms. The zero-order valence-electron chi connectivity index (χ0n) is 7.55. The van der Waals surface area contributed by atoms with Crippen molar-refractivity contribution in [3.63, 3.8) is 0 Å². The average molecular weight is 170 g/mol. The third kappa shape index (κ3) is 0.944. The van der Waals surface area contributed by atoms with E-state index in [1.54, 1.807) is 0 Å². The topological polar surface area (TPSA) is 40.5 Å². The van der Waals surface area contributed by atoms with E-state index >= 15 is 0 Å². The highest BCUT2D eigenvalue weighted by Crippen LogP contribution is 2.76. The van der Waals surface area contributed by atoms with Crippen molar-refractivity contribution in [2.24, 2.45) is 10.8 Å². The maximum Gasteiger partial charge on any atom is 0.0436 e. The third-order valence-electron chi connectivity index (χ3n) is 4.17. The summed E-state index contributed by atoms with van der Waals surface area (Å²) in [6.45, 7) is 0.653. The summed E-state index contributed by atoms with van der Waals surface area (Å²) in [5.74, 6) is 0. The Morgan fingerprint density at radius 2 is 1.42 bits per heavy atom. The van der Waals surface area contributed by atoms with E-state index in [-0.39, 0.29) is 0 Å². The zero-order chi connectivity index (χ0) is 8.66. The van der Waals surface area contributed by atoms with E-state index in [4.69, 9.17) is 10.2 Å². The smallest absolute Gasteiger partial charge is 0.0436 e. The fraction of sp³-hybridized carbons (Fsp3) is 1.00. The van der Waals surface area contributed by atoms with Crippen molar-refractivity contribution in [2.45, 2.75) is 38.5 Å². The molecule has 2 unspecified atom stereocenters. The molecule has 0 spiro atoms. The Kier molecular flexibility index (Phi) is 1.92. The van der Waals surface area contributed by atoms with Crippen molar-refractivity contribution in [2.75, 3.05) is 13.2 Å². The monoisotopic (exact) mass is 170 g/mol. The maximum absolute atomic E-state index is 8.94. The first kappa shape index (κ1) is 8.52. The van der Waals surface area contributed by atoms with E-state index in [1.165, 1.54) is 25.7 Å². The number of fused-ring (bicyclic) bond motifs is 1. The molecule has 0 aromatic carbocycles. The fourth-order valence-electron chi connectivity index (χ4n) is 3.46. The number of aliphatic hydroxyl groups is 2. The van der Waals surface area contributed by atoms with E-state index in [2.05, 4.69) is 0 Å². The summed E-state index contributed by atoms with van der Waals surface area (Å²) >= 11 is 0. The van der Waals surface area contributed by atoms with Gasteiger partial charge in [-0.05, 0) is 42.9 Å². The van der Waals surface area contributed by atoms with Gasteiger partial charge in [-0.25, -0.2) is 0 Å². The SMILES string of the molecule is OCCC12CCCC1(CCO)C2. The van der Waals surface area contributed by atoms with Crippen LogP contribution in [0.5, 0.6) is 0 Å². The van der Waals surface area contributed by atoms with Gasteiger partial charge in [0.2, 0.25) is 0 Å². The molecule has 2 nitrogen and oxygen atoms in total. The Morgan fingerprint density at radius 1 is 0.917 bits per heavy atom. The van der Waals surface area contributed by atoms with Gasteiger partial charge in [0.15, 0.2) is 0 Å². The lowest BCUT2D eigenvalue weighted by molar-refractivity contribution is 0.200. The summed E-state index contributed by atoms with van der Waals surface area (Å²) in [5.41, 5.74) is 0.898. The van der Waals surface area contributed by atoms with Gasteiger partial charge in [-0.1, -0.05) is 6.42 Å². The average Bonchev–Trinajstić information content (AvgIpc) is 2.49. The first-order valence-electron chi connectivity index (χ1n) is 5.00. The van der Waals surface area contributed by atoms with Crippen LogP contribution in [0.15, 0.2) is 0 Å². The molecular weight excluding hydrogens is 152 g/mol. The Bertz CT molecular complexity index is 163. The van der Waals surface area contributed by atoms with E-state index in [9.17, 15) is 0 Å². The summed E-state index contributed by atoms with van der Waals surface area (Å²) in [5, 5.41) is 17.9. The molecule has 0 amide bonds. The molecule has 2 rings (SSSR count). The summed E-state index contributed by atoms with van der Waals surface area (Å²) in [6, 6.07) is 0. The second-order valence-corrected chi connectivity index (χ2v) is 4.54. The van der Waals surface area contributed by atoms with Gasteiger partial charge < -0.3 is 10.2 Å². The quantitative estimate of drug-likeness (QED) is 0.668. The van der Waals surface area contributed by atoms with Gasteiger partial charge in [-0.15, -0.1) is 0 Å². The van der Waals surface area contributed by atoms with Crippen LogP contribution in [0, 0.1) is 10.8 Å². The first-order chi connectivity index (χ1) is 5.79. The van der Waals surface area contributed by atoms with Gasteiger partial charge in [0.05, 0.1) is 0 Å². The summed E-state index contributed by atoms with van der Waals surface area (Å²) in [7, 11) is 0. The molecule has 0 aliphatic heterocycles. The zero-order valence-corrected chi connectivity index (χ0v) is 7.55. The lowest BCUT2D eigenvalue weighted by Gasteiger charge is -2.15. The van der Waals surface area contributed by atoms with Crippen LogP contribution in [0.25, 0.3) is 0 Å². The Labute approximate surface area is 73.6 Å². The number of rotatable bonds is 4. The predicted octanol–water partition coefficient (Wildman–Crippen LogP) is 1.31. The molecular formula is C10H18O2. The lowest BCUT2D eigenvalue weighted by atomic mass is 9.91. The van der Waals surface area contributed by atoms with Crippen LogP contribution >= 0.6 is 0 Å². The van der Waals surface area contributed by atoms with Gasteiger partial charge >= 0.3 is 0 Å². The molecule has 2 N–H and O–H groups in total. The highest BCUT2D eigenvalue weighted by Gasteiger charge is 2.67. The first-order valence-corrected chi connectivity index (χ1v) is 5.00. The normalized spacial score (nSPS) is 44.5. The maximum atomic E-state index is 8.94. The van der Waals surface area contributed by atoms with Crippen LogP contribution in [0.1, 0.15) is 38.5 Å². The minimum absolute atomic E-state index is 0.327. The number of aliphatic hydroxyl groups excluding tert-OH is 2. The molecule has 70 valence electrons. The van der Waals surface area contributed by atoms with E-state index in [0.29, 0.717) is 24.0 Å². The minimum atomic E-state index is 0.327. The van der Waals surface area contributed by atoms with Gasteiger partial charge in [-0.2, -0.15) is 0 Å². The molecule has 0 saturated heterocycles. The highest BCUT2D eigenvalue weighted by atomic mass is 16.3. The standard InChI is InChI=1S/C10H18O2/c11-6-4-9-2-1-3-10(9,8-9)5-7-12/h11-12H,1-8H2. The van der Waals surface area contributed by atoms with Gasteiger partial charge in [0.1, 0.15) is 0 Å². The Balaban J connectivity index is 2.01. The van der Waals surface area contributed by atoms with E-state index < -0.39 is 0 Å². The van der Waals surface area contributed by atoms with Gasteiger partial charge in [0, 0.05) is 13.2 Å². The second-order valence-electron chi connectivity index (χ2n) is 4.54. The van der Waals surface area contributed by atoms with Crippen molar-refractivity contribution in [1.29, 1.82) is 0 Å². The summed E-state index contributed by atoms with van der Waals surface area (Å²) in [6.07, 6.45) is 7.07. The summed E-state index contributed by atoms with van der Waals surface area (Å²) < 4.78 is 0. The second kappa shape index (κ2) is 2.71. The fourth-order valence-corrected chi connectivity index (χ4v) is 3.46. The van der Waals surface area contributed by atoms with Crippen molar-refractivity contribution in [1.82, 2.24) is 0 Å². The van der Waals surface area contributed by atoms with Crippen LogP contribution in [0.4, 0.5) is 0 Å². The molecule has 2 fully saturated rings.